The van der Waals surface area contributed by atoms with Gasteiger partial charge in [-0.15, -0.1) is 0 Å². The normalized spacial score (nSPS) is 39.7. The molecule has 1 aliphatic heterocycles. The molecule has 2 aliphatic rings. The van der Waals surface area contributed by atoms with Crippen LogP contribution in [0.1, 0.15) is 52.9 Å². The van der Waals surface area contributed by atoms with Crippen LogP contribution in [0.3, 0.4) is 0 Å². The number of nitrogens with one attached hydrogen (secondary N) is 1. The first-order valence-corrected chi connectivity index (χ1v) is 7.69. The van der Waals surface area contributed by atoms with Gasteiger partial charge in [0.15, 0.2) is 0 Å². The molecule has 4 unspecified atom stereocenters. The number of hydrogen-bond donors (Lipinski definition) is 1. The summed E-state index contributed by atoms with van der Waals surface area (Å²) in [7, 11) is 0. The molecular formula is C15H30N2. The quantitative estimate of drug-likeness (QED) is 0.810. The average Bonchev–Trinajstić information content (AvgIpc) is 2.67. The van der Waals surface area contributed by atoms with Crippen molar-refractivity contribution in [3.05, 3.63) is 0 Å². The van der Waals surface area contributed by atoms with Crippen molar-refractivity contribution in [2.24, 2.45) is 11.8 Å². The number of nitrogens with zero attached hydrogens (tertiary/aromatic N) is 1. The molecule has 100 valence electrons. The van der Waals surface area contributed by atoms with Gasteiger partial charge in [-0.3, -0.25) is 4.90 Å². The van der Waals surface area contributed by atoms with Crippen molar-refractivity contribution in [1.82, 2.24) is 10.2 Å². The van der Waals surface area contributed by atoms with E-state index in [4.69, 9.17) is 0 Å². The largest absolute Gasteiger partial charge is 0.312 e. The highest BCUT2D eigenvalue weighted by Gasteiger charge is 2.35. The molecule has 1 saturated heterocycles. The molecule has 0 aromatic heterocycles. The van der Waals surface area contributed by atoms with Crippen LogP contribution in [-0.4, -0.2) is 36.6 Å². The fourth-order valence-electron chi connectivity index (χ4n) is 3.56. The first-order chi connectivity index (χ1) is 8.22. The molecule has 0 aromatic carbocycles. The second kappa shape index (κ2) is 6.19. The van der Waals surface area contributed by atoms with Gasteiger partial charge in [-0.25, -0.2) is 0 Å². The number of likely N-dealkylation sites (tertiary alicyclic amines) is 1. The van der Waals surface area contributed by atoms with Gasteiger partial charge in [-0.1, -0.05) is 33.6 Å². The van der Waals surface area contributed by atoms with Crippen molar-refractivity contribution in [3.8, 4) is 0 Å². The predicted molar refractivity (Wildman–Crippen MR) is 74.2 cm³/mol. The minimum Gasteiger partial charge on any atom is -0.312 e. The maximum atomic E-state index is 3.79. The van der Waals surface area contributed by atoms with Crippen LogP contribution in [0, 0.1) is 11.8 Å². The molecule has 0 bridgehead atoms. The fraction of sp³-hybridized carbons (Fsp3) is 1.00. The summed E-state index contributed by atoms with van der Waals surface area (Å²) >= 11 is 0. The highest BCUT2D eigenvalue weighted by molar-refractivity contribution is 4.92. The average molecular weight is 238 g/mol. The molecule has 1 heterocycles. The monoisotopic (exact) mass is 238 g/mol. The lowest BCUT2D eigenvalue weighted by Gasteiger charge is -2.38. The summed E-state index contributed by atoms with van der Waals surface area (Å²) in [6.45, 7) is 11.0. The maximum Gasteiger partial charge on any atom is 0.0249 e. The molecule has 1 saturated carbocycles. The Morgan fingerprint density at radius 3 is 2.35 bits per heavy atom. The zero-order valence-corrected chi connectivity index (χ0v) is 11.9. The van der Waals surface area contributed by atoms with E-state index in [1.54, 1.807) is 0 Å². The Balaban J connectivity index is 1.91. The zero-order chi connectivity index (χ0) is 12.3. The van der Waals surface area contributed by atoms with Crippen molar-refractivity contribution in [1.29, 1.82) is 0 Å². The second-order valence-corrected chi connectivity index (χ2v) is 6.32. The lowest BCUT2D eigenvalue weighted by molar-refractivity contribution is 0.142. The first kappa shape index (κ1) is 13.4. The lowest BCUT2D eigenvalue weighted by atomic mass is 9.89. The first-order valence-electron chi connectivity index (χ1n) is 7.69. The van der Waals surface area contributed by atoms with Crippen LogP contribution in [0.15, 0.2) is 0 Å². The van der Waals surface area contributed by atoms with E-state index in [9.17, 15) is 0 Å². The Kier molecular flexibility index (Phi) is 4.87. The standard InChI is InChI=1S/C15H30N2/c1-4-9-16-14-7-5-6-8-15(14)17-10-12(2)13(3)11-17/h12-16H,4-11H2,1-3H3. The summed E-state index contributed by atoms with van der Waals surface area (Å²) in [5.74, 6) is 1.78. The minimum absolute atomic E-state index is 0.765. The Hall–Kier alpha value is -0.0800. The Bertz CT molecular complexity index is 219. The van der Waals surface area contributed by atoms with E-state index in [-0.39, 0.29) is 0 Å². The summed E-state index contributed by atoms with van der Waals surface area (Å²) in [4.78, 5) is 2.78. The van der Waals surface area contributed by atoms with E-state index in [1.807, 2.05) is 0 Å². The molecule has 1 aliphatic carbocycles. The topological polar surface area (TPSA) is 15.3 Å². The number of hydrogen-bond acceptors (Lipinski definition) is 2. The third-order valence-electron chi connectivity index (χ3n) is 4.87. The Labute approximate surface area is 107 Å². The van der Waals surface area contributed by atoms with Crippen LogP contribution >= 0.6 is 0 Å². The molecule has 0 amide bonds. The van der Waals surface area contributed by atoms with Crippen LogP contribution < -0.4 is 5.32 Å². The van der Waals surface area contributed by atoms with Crippen LogP contribution in [-0.2, 0) is 0 Å². The van der Waals surface area contributed by atoms with E-state index in [1.165, 1.54) is 51.7 Å². The van der Waals surface area contributed by atoms with Crippen molar-refractivity contribution >= 4 is 0 Å². The molecule has 2 heteroatoms. The Morgan fingerprint density at radius 2 is 1.71 bits per heavy atom. The molecule has 17 heavy (non-hydrogen) atoms. The SMILES string of the molecule is CCCNC1CCCCC1N1CC(C)C(C)C1. The number of rotatable bonds is 4. The molecule has 0 aromatic rings. The summed E-state index contributed by atoms with van der Waals surface area (Å²) in [6.07, 6.45) is 6.94. The molecule has 4 atom stereocenters. The smallest absolute Gasteiger partial charge is 0.0249 e. The minimum atomic E-state index is 0.765. The maximum absolute atomic E-state index is 3.79. The summed E-state index contributed by atoms with van der Waals surface area (Å²) in [5, 5.41) is 3.79. The zero-order valence-electron chi connectivity index (χ0n) is 11.9. The van der Waals surface area contributed by atoms with Gasteiger partial charge in [0, 0.05) is 25.2 Å². The molecular weight excluding hydrogens is 208 g/mol. The van der Waals surface area contributed by atoms with E-state index >= 15 is 0 Å². The van der Waals surface area contributed by atoms with Gasteiger partial charge in [0.25, 0.3) is 0 Å². The predicted octanol–water partition coefficient (Wildman–Crippen LogP) is 2.89. The van der Waals surface area contributed by atoms with Crippen molar-refractivity contribution in [3.63, 3.8) is 0 Å². The molecule has 0 radical (unpaired) electrons. The van der Waals surface area contributed by atoms with E-state index in [2.05, 4.69) is 31.0 Å². The van der Waals surface area contributed by atoms with Gasteiger partial charge in [-0.05, 0) is 37.6 Å². The highest BCUT2D eigenvalue weighted by atomic mass is 15.2. The second-order valence-electron chi connectivity index (χ2n) is 6.32. The van der Waals surface area contributed by atoms with Gasteiger partial charge in [0.2, 0.25) is 0 Å². The van der Waals surface area contributed by atoms with Crippen molar-refractivity contribution in [2.75, 3.05) is 19.6 Å². The van der Waals surface area contributed by atoms with Crippen LogP contribution in [0.5, 0.6) is 0 Å². The van der Waals surface area contributed by atoms with E-state index < -0.39 is 0 Å². The third kappa shape index (κ3) is 3.23. The van der Waals surface area contributed by atoms with Crippen molar-refractivity contribution < 1.29 is 0 Å². The van der Waals surface area contributed by atoms with Gasteiger partial charge in [0.1, 0.15) is 0 Å². The van der Waals surface area contributed by atoms with E-state index in [0.29, 0.717) is 0 Å². The lowest BCUT2D eigenvalue weighted by Crippen LogP contribution is -2.51. The van der Waals surface area contributed by atoms with Crippen molar-refractivity contribution in [2.45, 2.75) is 65.0 Å². The van der Waals surface area contributed by atoms with Crippen LogP contribution in [0.25, 0.3) is 0 Å². The van der Waals surface area contributed by atoms with Gasteiger partial charge in [-0.2, -0.15) is 0 Å². The van der Waals surface area contributed by atoms with Gasteiger partial charge in [0.05, 0.1) is 0 Å². The molecule has 0 spiro atoms. The molecule has 2 fully saturated rings. The van der Waals surface area contributed by atoms with Gasteiger partial charge >= 0.3 is 0 Å². The van der Waals surface area contributed by atoms with E-state index in [0.717, 1.165) is 23.9 Å². The van der Waals surface area contributed by atoms with Gasteiger partial charge < -0.3 is 5.32 Å². The summed E-state index contributed by atoms with van der Waals surface area (Å²) in [5.41, 5.74) is 0. The van der Waals surface area contributed by atoms with Crippen LogP contribution in [0.4, 0.5) is 0 Å². The summed E-state index contributed by atoms with van der Waals surface area (Å²) in [6, 6.07) is 1.59. The fourth-order valence-corrected chi connectivity index (χ4v) is 3.56. The van der Waals surface area contributed by atoms with Crippen LogP contribution in [0.2, 0.25) is 0 Å². The molecule has 2 nitrogen and oxygen atoms in total. The Morgan fingerprint density at radius 1 is 1.06 bits per heavy atom. The molecule has 1 N–H and O–H groups in total. The molecule has 2 rings (SSSR count). The summed E-state index contributed by atoms with van der Waals surface area (Å²) < 4.78 is 0. The third-order valence-corrected chi connectivity index (χ3v) is 4.87. The highest BCUT2D eigenvalue weighted by Crippen LogP contribution is 2.30.